The Morgan fingerprint density at radius 2 is 2.26 bits per heavy atom. The summed E-state index contributed by atoms with van der Waals surface area (Å²) in [5, 5.41) is 6.50. The Kier molecular flexibility index (Phi) is 3.35. The van der Waals surface area contributed by atoms with Crippen LogP contribution in [0.15, 0.2) is 33.5 Å². The smallest absolute Gasteiger partial charge is 0.340 e. The third-order valence-electron chi connectivity index (χ3n) is 3.06. The van der Waals surface area contributed by atoms with Crippen LogP contribution in [0.5, 0.6) is 0 Å². The summed E-state index contributed by atoms with van der Waals surface area (Å²) in [6.45, 7) is 1.60. The first-order valence-electron chi connectivity index (χ1n) is 6.08. The van der Waals surface area contributed by atoms with Crippen molar-refractivity contribution in [2.75, 3.05) is 11.9 Å². The van der Waals surface area contributed by atoms with Crippen LogP contribution in [0.2, 0.25) is 0 Å². The van der Waals surface area contributed by atoms with Gasteiger partial charge in [-0.25, -0.2) is 4.79 Å². The maximum atomic E-state index is 11.6. The van der Waals surface area contributed by atoms with Crippen molar-refractivity contribution in [3.05, 3.63) is 50.5 Å². The van der Waals surface area contributed by atoms with E-state index >= 15 is 0 Å². The van der Waals surface area contributed by atoms with Gasteiger partial charge in [-0.3, -0.25) is 0 Å². The quantitative estimate of drug-likeness (QED) is 0.790. The number of halogens is 1. The van der Waals surface area contributed by atoms with Gasteiger partial charge in [-0.2, -0.15) is 4.98 Å². The first-order valence-corrected chi connectivity index (χ1v) is 6.87. The van der Waals surface area contributed by atoms with Crippen molar-refractivity contribution in [3.8, 4) is 0 Å². The van der Waals surface area contributed by atoms with E-state index in [9.17, 15) is 4.79 Å². The van der Waals surface area contributed by atoms with Crippen LogP contribution >= 0.6 is 15.9 Å². The van der Waals surface area contributed by atoms with E-state index in [1.165, 1.54) is 0 Å². The minimum absolute atomic E-state index is 0.307. The molecule has 1 aliphatic rings. The number of aromatic nitrogens is 2. The van der Waals surface area contributed by atoms with E-state index in [0.29, 0.717) is 5.82 Å². The Bertz CT molecular complexity index is 668. The Labute approximate surface area is 118 Å². The molecule has 0 unspecified atom stereocenters. The fraction of sp³-hybridized carbons (Fsp3) is 0.231. The van der Waals surface area contributed by atoms with Crippen LogP contribution in [0, 0.1) is 0 Å². The van der Waals surface area contributed by atoms with Crippen LogP contribution in [0.25, 0.3) is 0 Å². The van der Waals surface area contributed by atoms with Gasteiger partial charge in [0.15, 0.2) is 0 Å². The van der Waals surface area contributed by atoms with E-state index in [4.69, 9.17) is 0 Å². The van der Waals surface area contributed by atoms with E-state index in [1.54, 1.807) is 0 Å². The molecule has 0 fully saturated rings. The third-order valence-corrected chi connectivity index (χ3v) is 3.56. The van der Waals surface area contributed by atoms with Gasteiger partial charge in [0.25, 0.3) is 0 Å². The molecule has 1 aromatic heterocycles. The van der Waals surface area contributed by atoms with E-state index in [0.717, 1.165) is 40.9 Å². The summed E-state index contributed by atoms with van der Waals surface area (Å²) < 4.78 is 0.981. The molecule has 6 heteroatoms. The Hall–Kier alpha value is -1.66. The molecule has 2 aromatic rings. The fourth-order valence-electron chi connectivity index (χ4n) is 2.18. The van der Waals surface area contributed by atoms with Crippen LogP contribution < -0.4 is 16.3 Å². The van der Waals surface area contributed by atoms with Crippen LogP contribution in [-0.2, 0) is 13.0 Å². The zero-order chi connectivity index (χ0) is 13.2. The number of nitrogens with one attached hydrogen (secondary N) is 3. The monoisotopic (exact) mass is 320 g/mol. The summed E-state index contributed by atoms with van der Waals surface area (Å²) >= 11 is 3.42. The number of aromatic amines is 1. The third kappa shape index (κ3) is 2.69. The molecule has 0 saturated heterocycles. The Morgan fingerprint density at radius 3 is 3.11 bits per heavy atom. The zero-order valence-electron chi connectivity index (χ0n) is 10.2. The molecular weight excluding hydrogens is 308 g/mol. The molecule has 0 radical (unpaired) electrons. The molecule has 98 valence electrons. The second-order valence-electron chi connectivity index (χ2n) is 4.41. The average molecular weight is 321 g/mol. The molecule has 0 atom stereocenters. The summed E-state index contributed by atoms with van der Waals surface area (Å²) in [7, 11) is 0. The van der Waals surface area contributed by atoms with E-state index in [1.807, 2.05) is 24.3 Å². The average Bonchev–Trinajstić information content (AvgIpc) is 2.38. The number of fused-ring (bicyclic) bond motifs is 1. The molecular formula is C13H13BrN4O. The standard InChI is InChI=1S/C13H13BrN4O/c14-8-2-1-3-9(6-8)16-12-10-7-15-5-4-11(10)17-13(19)18-12/h1-3,6,15H,4-5,7H2,(H2,16,17,18,19). The van der Waals surface area contributed by atoms with Crippen molar-refractivity contribution in [2.45, 2.75) is 13.0 Å². The molecule has 0 spiro atoms. The number of H-pyrrole nitrogens is 1. The number of hydrogen-bond acceptors (Lipinski definition) is 4. The van der Waals surface area contributed by atoms with E-state index < -0.39 is 0 Å². The van der Waals surface area contributed by atoms with Crippen LogP contribution in [-0.4, -0.2) is 16.5 Å². The van der Waals surface area contributed by atoms with Gasteiger partial charge in [-0.1, -0.05) is 22.0 Å². The summed E-state index contributed by atoms with van der Waals surface area (Å²) in [5.74, 6) is 0.629. The highest BCUT2D eigenvalue weighted by Crippen LogP contribution is 2.23. The molecule has 3 rings (SSSR count). The predicted octanol–water partition coefficient (Wildman–Crippen LogP) is 1.92. The number of rotatable bonds is 2. The molecule has 1 aliphatic heterocycles. The van der Waals surface area contributed by atoms with Gasteiger partial charge in [-0.15, -0.1) is 0 Å². The number of benzene rings is 1. The molecule has 2 heterocycles. The van der Waals surface area contributed by atoms with Gasteiger partial charge in [0.05, 0.1) is 0 Å². The Balaban J connectivity index is 2.00. The number of anilines is 2. The number of hydrogen-bond donors (Lipinski definition) is 3. The van der Waals surface area contributed by atoms with Crippen LogP contribution in [0.3, 0.4) is 0 Å². The van der Waals surface area contributed by atoms with Crippen LogP contribution in [0.1, 0.15) is 11.3 Å². The molecule has 0 bridgehead atoms. The van der Waals surface area contributed by atoms with Crippen molar-refractivity contribution in [1.29, 1.82) is 0 Å². The van der Waals surface area contributed by atoms with E-state index in [2.05, 4.69) is 36.5 Å². The fourth-order valence-corrected chi connectivity index (χ4v) is 2.58. The SMILES string of the molecule is O=c1nc(Nc2cccc(Br)c2)c2c([nH]1)CCNC2. The second kappa shape index (κ2) is 5.14. The summed E-state index contributed by atoms with van der Waals surface area (Å²) in [6, 6.07) is 7.78. The largest absolute Gasteiger partial charge is 0.347 e. The van der Waals surface area contributed by atoms with Crippen molar-refractivity contribution < 1.29 is 0 Å². The lowest BCUT2D eigenvalue weighted by molar-refractivity contribution is 0.624. The molecule has 3 N–H and O–H groups in total. The maximum Gasteiger partial charge on any atom is 0.347 e. The highest BCUT2D eigenvalue weighted by Gasteiger charge is 2.15. The zero-order valence-corrected chi connectivity index (χ0v) is 11.8. The summed E-state index contributed by atoms with van der Waals surface area (Å²) in [5.41, 5.74) is 2.60. The molecule has 0 aliphatic carbocycles. The normalized spacial score (nSPS) is 13.9. The lowest BCUT2D eigenvalue weighted by Crippen LogP contribution is -2.29. The number of nitrogens with zero attached hydrogens (tertiary/aromatic N) is 1. The van der Waals surface area contributed by atoms with Crippen LogP contribution in [0.4, 0.5) is 11.5 Å². The lowest BCUT2D eigenvalue weighted by Gasteiger charge is -2.19. The van der Waals surface area contributed by atoms with Gasteiger partial charge in [-0.05, 0) is 18.2 Å². The van der Waals surface area contributed by atoms with Gasteiger partial charge in [0.2, 0.25) is 0 Å². The first kappa shape index (κ1) is 12.4. The molecule has 19 heavy (non-hydrogen) atoms. The highest BCUT2D eigenvalue weighted by atomic mass is 79.9. The first-order chi connectivity index (χ1) is 9.22. The minimum atomic E-state index is -0.307. The minimum Gasteiger partial charge on any atom is -0.340 e. The maximum absolute atomic E-state index is 11.6. The topological polar surface area (TPSA) is 69.8 Å². The highest BCUT2D eigenvalue weighted by molar-refractivity contribution is 9.10. The van der Waals surface area contributed by atoms with Gasteiger partial charge in [0.1, 0.15) is 5.82 Å². The second-order valence-corrected chi connectivity index (χ2v) is 5.33. The van der Waals surface area contributed by atoms with E-state index in [-0.39, 0.29) is 5.69 Å². The predicted molar refractivity (Wildman–Crippen MR) is 77.7 cm³/mol. The Morgan fingerprint density at radius 1 is 1.37 bits per heavy atom. The molecule has 1 aromatic carbocycles. The molecule has 0 saturated carbocycles. The van der Waals surface area contributed by atoms with Crippen molar-refractivity contribution in [3.63, 3.8) is 0 Å². The van der Waals surface area contributed by atoms with Gasteiger partial charge < -0.3 is 15.6 Å². The van der Waals surface area contributed by atoms with Crippen molar-refractivity contribution in [1.82, 2.24) is 15.3 Å². The van der Waals surface area contributed by atoms with Crippen molar-refractivity contribution in [2.24, 2.45) is 0 Å². The van der Waals surface area contributed by atoms with Gasteiger partial charge in [0, 0.05) is 40.9 Å². The summed E-state index contributed by atoms with van der Waals surface area (Å²) in [4.78, 5) is 18.4. The molecule has 0 amide bonds. The van der Waals surface area contributed by atoms with Gasteiger partial charge >= 0.3 is 5.69 Å². The van der Waals surface area contributed by atoms with Crippen molar-refractivity contribution >= 4 is 27.4 Å². The summed E-state index contributed by atoms with van der Waals surface area (Å²) in [6.07, 6.45) is 0.820. The molecule has 5 nitrogen and oxygen atoms in total. The lowest BCUT2D eigenvalue weighted by atomic mass is 10.1.